The van der Waals surface area contributed by atoms with Crippen LogP contribution in [0.4, 0.5) is 10.5 Å². The van der Waals surface area contributed by atoms with Crippen LogP contribution < -0.4 is 4.90 Å². The largest absolute Gasteiger partial charge is 0.465 e. The van der Waals surface area contributed by atoms with Crippen molar-refractivity contribution in [2.75, 3.05) is 19.1 Å². The molecule has 9 nitrogen and oxygen atoms in total. The quantitative estimate of drug-likeness (QED) is 0.665. The fourth-order valence-corrected chi connectivity index (χ4v) is 4.67. The number of para-hydroxylation sites is 1. The third-order valence-corrected chi connectivity index (χ3v) is 5.80. The Balaban J connectivity index is 2.48. The first-order valence-corrected chi connectivity index (χ1v) is 9.72. The molecule has 0 saturated carbocycles. The Bertz CT molecular complexity index is 993. The second-order valence-corrected chi connectivity index (χ2v) is 8.43. The van der Waals surface area contributed by atoms with Gasteiger partial charge >= 0.3 is 12.1 Å². The number of anilines is 1. The van der Waals surface area contributed by atoms with Crippen molar-refractivity contribution in [3.63, 3.8) is 0 Å². The van der Waals surface area contributed by atoms with E-state index in [1.807, 2.05) is 20.8 Å². The van der Waals surface area contributed by atoms with E-state index in [9.17, 15) is 19.2 Å². The van der Waals surface area contributed by atoms with Gasteiger partial charge in [0.05, 0.1) is 25.3 Å². The summed E-state index contributed by atoms with van der Waals surface area (Å²) >= 11 is 0. The number of fused-ring (bicyclic) bond motifs is 3. The maximum absolute atomic E-state index is 13.2. The summed E-state index contributed by atoms with van der Waals surface area (Å²) in [6.45, 7) is 8.04. The van der Waals surface area contributed by atoms with Gasteiger partial charge in [-0.15, -0.1) is 0 Å². The molecule has 9 heteroatoms. The van der Waals surface area contributed by atoms with Crippen LogP contribution in [0.15, 0.2) is 35.7 Å². The van der Waals surface area contributed by atoms with Gasteiger partial charge in [-0.05, 0) is 17.0 Å². The minimum Gasteiger partial charge on any atom is -0.465 e. The number of hydrogen-bond donors (Lipinski definition) is 0. The highest BCUT2D eigenvalue weighted by molar-refractivity contribution is 6.02. The number of amides is 3. The third-order valence-electron chi connectivity index (χ3n) is 5.80. The molecule has 0 fully saturated rings. The molecule has 2 atom stereocenters. The summed E-state index contributed by atoms with van der Waals surface area (Å²) in [5, 5.41) is 0. The van der Waals surface area contributed by atoms with E-state index in [4.69, 9.17) is 14.2 Å². The Labute approximate surface area is 180 Å². The van der Waals surface area contributed by atoms with E-state index < -0.39 is 40.9 Å². The number of nitrogens with zero attached hydrogens (tertiary/aromatic N) is 2. The van der Waals surface area contributed by atoms with Crippen molar-refractivity contribution in [3.8, 4) is 0 Å². The van der Waals surface area contributed by atoms with Crippen molar-refractivity contribution in [1.29, 1.82) is 0 Å². The number of benzene rings is 1. The van der Waals surface area contributed by atoms with Gasteiger partial charge in [0.15, 0.2) is 6.23 Å². The lowest BCUT2D eigenvalue weighted by atomic mass is 9.59. The highest BCUT2D eigenvalue weighted by atomic mass is 16.6. The smallest absolute Gasteiger partial charge is 0.417 e. The number of methoxy groups -OCH3 is 2. The Kier molecular flexibility index (Phi) is 5.33. The van der Waals surface area contributed by atoms with Gasteiger partial charge in [0.25, 0.3) is 0 Å². The van der Waals surface area contributed by atoms with Gasteiger partial charge < -0.3 is 14.2 Å². The maximum Gasteiger partial charge on any atom is 0.417 e. The molecule has 3 amide bonds. The molecule has 0 aromatic heterocycles. The molecular formula is C22H26N2O7. The van der Waals surface area contributed by atoms with Crippen LogP contribution in [0.5, 0.6) is 0 Å². The number of carbonyl (C=O) groups is 4. The predicted octanol–water partition coefficient (Wildman–Crippen LogP) is 2.69. The second-order valence-electron chi connectivity index (χ2n) is 8.43. The van der Waals surface area contributed by atoms with E-state index in [-0.39, 0.29) is 11.5 Å². The maximum atomic E-state index is 13.2. The van der Waals surface area contributed by atoms with E-state index in [1.54, 1.807) is 24.3 Å². The number of rotatable bonds is 2. The van der Waals surface area contributed by atoms with Gasteiger partial charge in [0, 0.05) is 13.8 Å². The Morgan fingerprint density at radius 2 is 1.61 bits per heavy atom. The lowest BCUT2D eigenvalue weighted by molar-refractivity contribution is -0.143. The first-order chi connectivity index (χ1) is 14.4. The van der Waals surface area contributed by atoms with Crippen LogP contribution in [0.2, 0.25) is 0 Å². The first kappa shape index (κ1) is 22.3. The molecule has 0 radical (unpaired) electrons. The molecule has 2 aliphatic heterocycles. The number of esters is 1. The number of ether oxygens (including phenoxy) is 3. The highest BCUT2D eigenvalue weighted by Gasteiger charge is 2.69. The van der Waals surface area contributed by atoms with Crippen molar-refractivity contribution in [1.82, 2.24) is 4.90 Å². The van der Waals surface area contributed by atoms with Crippen molar-refractivity contribution in [2.24, 2.45) is 5.41 Å². The molecule has 1 aromatic carbocycles. The summed E-state index contributed by atoms with van der Waals surface area (Å²) in [5.74, 6) is -2.27. The topological polar surface area (TPSA) is 102 Å². The Hall–Kier alpha value is -3.36. The molecule has 0 saturated heterocycles. The summed E-state index contributed by atoms with van der Waals surface area (Å²) in [7, 11) is 2.45. The zero-order chi connectivity index (χ0) is 23.3. The van der Waals surface area contributed by atoms with Crippen LogP contribution in [0, 0.1) is 5.41 Å². The molecule has 166 valence electrons. The van der Waals surface area contributed by atoms with Gasteiger partial charge in [-0.1, -0.05) is 39.0 Å². The van der Waals surface area contributed by atoms with Crippen molar-refractivity contribution < 1.29 is 33.4 Å². The molecule has 2 unspecified atom stereocenters. The average molecular weight is 430 g/mol. The molecule has 3 rings (SSSR count). The molecule has 2 heterocycles. The number of hydrogen-bond acceptors (Lipinski definition) is 7. The highest BCUT2D eigenvalue weighted by Crippen LogP contribution is 2.63. The van der Waals surface area contributed by atoms with Crippen molar-refractivity contribution >= 4 is 29.6 Å². The van der Waals surface area contributed by atoms with E-state index in [0.717, 1.165) is 4.90 Å². The summed E-state index contributed by atoms with van der Waals surface area (Å²) in [6.07, 6.45) is -1.78. The molecular weight excluding hydrogens is 404 g/mol. The molecule has 1 aromatic rings. The van der Waals surface area contributed by atoms with Gasteiger partial charge in [-0.3, -0.25) is 9.59 Å². The predicted molar refractivity (Wildman–Crippen MR) is 110 cm³/mol. The Morgan fingerprint density at radius 1 is 1.03 bits per heavy atom. The number of carbonyl (C=O) groups excluding carboxylic acids is 4. The SMILES string of the molecule is COC(=O)C1=C(N(C(C)=O)C(C)=O)OC2N(C(=O)OC)c3ccccc3C12C(C)(C)C. The molecule has 0 N–H and O–H groups in total. The lowest BCUT2D eigenvalue weighted by Crippen LogP contribution is -2.54. The normalized spacial score (nSPS) is 21.8. The van der Waals surface area contributed by atoms with E-state index in [0.29, 0.717) is 11.3 Å². The average Bonchev–Trinajstić information content (AvgIpc) is 3.17. The van der Waals surface area contributed by atoms with Gasteiger partial charge in [-0.25, -0.2) is 19.4 Å². The van der Waals surface area contributed by atoms with Gasteiger partial charge in [-0.2, -0.15) is 0 Å². The van der Waals surface area contributed by atoms with Crippen molar-refractivity contribution in [3.05, 3.63) is 41.3 Å². The van der Waals surface area contributed by atoms with Crippen LogP contribution >= 0.6 is 0 Å². The van der Waals surface area contributed by atoms with Crippen LogP contribution in [-0.2, 0) is 34.0 Å². The zero-order valence-corrected chi connectivity index (χ0v) is 18.6. The summed E-state index contributed by atoms with van der Waals surface area (Å²) in [6, 6.07) is 7.05. The monoisotopic (exact) mass is 430 g/mol. The summed E-state index contributed by atoms with van der Waals surface area (Å²) in [5.41, 5.74) is -0.839. The molecule has 31 heavy (non-hydrogen) atoms. The second kappa shape index (κ2) is 7.40. The third kappa shape index (κ3) is 2.90. The molecule has 0 spiro atoms. The van der Waals surface area contributed by atoms with Crippen LogP contribution in [0.25, 0.3) is 0 Å². The van der Waals surface area contributed by atoms with Gasteiger partial charge in [0.2, 0.25) is 17.7 Å². The van der Waals surface area contributed by atoms with E-state index >= 15 is 0 Å². The summed E-state index contributed by atoms with van der Waals surface area (Å²) < 4.78 is 16.2. The van der Waals surface area contributed by atoms with E-state index in [2.05, 4.69) is 0 Å². The Morgan fingerprint density at radius 3 is 2.10 bits per heavy atom. The first-order valence-electron chi connectivity index (χ1n) is 9.72. The minimum atomic E-state index is -1.25. The number of imide groups is 1. The lowest BCUT2D eigenvalue weighted by Gasteiger charge is -2.42. The summed E-state index contributed by atoms with van der Waals surface area (Å²) in [4.78, 5) is 52.8. The van der Waals surface area contributed by atoms with Crippen LogP contribution in [-0.4, -0.2) is 49.2 Å². The van der Waals surface area contributed by atoms with Gasteiger partial charge in [0.1, 0.15) is 5.57 Å². The standard InChI is InChI=1S/C22H26N2O7/c1-12(25)23(13(2)26)17-16(18(27)29-6)22(21(3,4)5)14-10-8-9-11-15(14)24(19(22)31-17)20(28)30-7/h8-11,19H,1-7H3. The molecule has 0 bridgehead atoms. The fraction of sp³-hybridized carbons (Fsp3) is 0.455. The molecule has 2 aliphatic rings. The fourth-order valence-electron chi connectivity index (χ4n) is 4.67. The zero-order valence-electron chi connectivity index (χ0n) is 18.6. The van der Waals surface area contributed by atoms with E-state index in [1.165, 1.54) is 33.0 Å². The van der Waals surface area contributed by atoms with Crippen LogP contribution in [0.1, 0.15) is 40.2 Å². The minimum absolute atomic E-state index is 0.00301. The molecule has 0 aliphatic carbocycles. The van der Waals surface area contributed by atoms with Crippen molar-refractivity contribution in [2.45, 2.75) is 46.3 Å². The van der Waals surface area contributed by atoms with Crippen LogP contribution in [0.3, 0.4) is 0 Å².